The van der Waals surface area contributed by atoms with E-state index in [4.69, 9.17) is 0 Å². The number of nitrogens with one attached hydrogen (secondary N) is 1. The highest BCUT2D eigenvalue weighted by Gasteiger charge is 2.22. The molecule has 0 unspecified atom stereocenters. The molecule has 1 N–H and O–H groups in total. The van der Waals surface area contributed by atoms with Gasteiger partial charge in [-0.15, -0.1) is 0 Å². The average molecular weight is 389 g/mol. The number of benzene rings is 2. The zero-order chi connectivity index (χ0) is 20.4. The van der Waals surface area contributed by atoms with Crippen LogP contribution >= 0.6 is 0 Å². The minimum Gasteiger partial charge on any atom is -0.348 e. The number of aryl methyl sites for hydroxylation is 4. The summed E-state index contributed by atoms with van der Waals surface area (Å²) >= 11 is 0. The molecule has 0 heterocycles. The van der Waals surface area contributed by atoms with Crippen LogP contribution in [0.2, 0.25) is 0 Å². The second-order valence-electron chi connectivity index (χ2n) is 7.25. The highest BCUT2D eigenvalue weighted by atomic mass is 32.2. The van der Waals surface area contributed by atoms with Crippen molar-refractivity contribution in [2.75, 3.05) is 17.1 Å². The second kappa shape index (κ2) is 8.13. The van der Waals surface area contributed by atoms with Crippen LogP contribution in [0, 0.1) is 27.7 Å². The van der Waals surface area contributed by atoms with Crippen LogP contribution < -0.4 is 9.62 Å². The highest BCUT2D eigenvalue weighted by molar-refractivity contribution is 7.92. The Balaban J connectivity index is 2.20. The second-order valence-corrected chi connectivity index (χ2v) is 9.16. The lowest BCUT2D eigenvalue weighted by Gasteiger charge is -2.24. The van der Waals surface area contributed by atoms with Crippen LogP contribution in [0.25, 0.3) is 0 Å². The van der Waals surface area contributed by atoms with Gasteiger partial charge in [-0.1, -0.05) is 24.3 Å². The van der Waals surface area contributed by atoms with Crippen molar-refractivity contribution < 1.29 is 13.2 Å². The molecule has 0 aliphatic heterocycles. The van der Waals surface area contributed by atoms with E-state index in [2.05, 4.69) is 5.32 Å². The third-order valence-electron chi connectivity index (χ3n) is 4.59. The van der Waals surface area contributed by atoms with Crippen LogP contribution in [0.1, 0.15) is 40.8 Å². The van der Waals surface area contributed by atoms with Crippen molar-refractivity contribution in [3.05, 3.63) is 64.2 Å². The Morgan fingerprint density at radius 1 is 1.00 bits per heavy atom. The van der Waals surface area contributed by atoms with E-state index in [0.29, 0.717) is 5.69 Å². The number of carbonyl (C=O) groups is 1. The summed E-state index contributed by atoms with van der Waals surface area (Å²) in [5.74, 6) is -0.342. The van der Waals surface area contributed by atoms with Gasteiger partial charge in [0.05, 0.1) is 18.0 Å². The van der Waals surface area contributed by atoms with Gasteiger partial charge in [0, 0.05) is 0 Å². The van der Waals surface area contributed by atoms with Gasteiger partial charge >= 0.3 is 0 Å². The maximum atomic E-state index is 12.6. The van der Waals surface area contributed by atoms with Crippen LogP contribution in [0.5, 0.6) is 0 Å². The fraction of sp³-hybridized carbons (Fsp3) is 0.381. The summed E-state index contributed by atoms with van der Waals surface area (Å²) in [7, 11) is -3.59. The van der Waals surface area contributed by atoms with Gasteiger partial charge in [-0.05, 0) is 74.6 Å². The van der Waals surface area contributed by atoms with E-state index in [-0.39, 0.29) is 18.5 Å². The molecule has 6 heteroatoms. The standard InChI is InChI=1S/C21H28N2O3S/c1-14-9-15(2)11-20(10-14)23(27(6,25)26)13-21(24)22-18(5)19-8-7-16(3)17(4)12-19/h7-12,18H,13H2,1-6H3,(H,22,24)/t18-/m1/s1. The zero-order valence-corrected chi connectivity index (χ0v) is 17.6. The molecule has 1 atom stereocenters. The molecule has 0 saturated heterocycles. The number of nitrogens with zero attached hydrogens (tertiary/aromatic N) is 1. The smallest absolute Gasteiger partial charge is 0.241 e. The molecule has 0 saturated carbocycles. The van der Waals surface area contributed by atoms with Gasteiger partial charge in [0.15, 0.2) is 0 Å². The van der Waals surface area contributed by atoms with Crippen molar-refractivity contribution >= 4 is 21.6 Å². The van der Waals surface area contributed by atoms with Crippen LogP contribution in [-0.4, -0.2) is 27.1 Å². The maximum Gasteiger partial charge on any atom is 0.241 e. The van der Waals surface area contributed by atoms with Crippen molar-refractivity contribution in [3.63, 3.8) is 0 Å². The third kappa shape index (κ3) is 5.57. The first-order valence-corrected chi connectivity index (χ1v) is 10.7. The average Bonchev–Trinajstić information content (AvgIpc) is 2.53. The molecule has 0 aromatic heterocycles. The third-order valence-corrected chi connectivity index (χ3v) is 5.73. The van der Waals surface area contributed by atoms with Crippen LogP contribution in [0.3, 0.4) is 0 Å². The molecule has 2 aromatic rings. The van der Waals surface area contributed by atoms with Gasteiger partial charge in [-0.25, -0.2) is 8.42 Å². The number of carbonyl (C=O) groups excluding carboxylic acids is 1. The Kier molecular flexibility index (Phi) is 6.31. The topological polar surface area (TPSA) is 66.5 Å². The normalized spacial score (nSPS) is 12.5. The molecule has 0 aliphatic carbocycles. The largest absolute Gasteiger partial charge is 0.348 e. The number of anilines is 1. The van der Waals surface area contributed by atoms with E-state index in [1.807, 2.05) is 58.9 Å². The molecule has 0 aliphatic rings. The monoisotopic (exact) mass is 388 g/mol. The van der Waals surface area contributed by atoms with E-state index < -0.39 is 10.0 Å². The van der Waals surface area contributed by atoms with Gasteiger partial charge in [0.25, 0.3) is 0 Å². The fourth-order valence-corrected chi connectivity index (χ4v) is 3.87. The molecule has 0 fully saturated rings. The molecule has 0 spiro atoms. The number of rotatable bonds is 6. The van der Waals surface area contributed by atoms with Crippen LogP contribution in [-0.2, 0) is 14.8 Å². The fourth-order valence-electron chi connectivity index (χ4n) is 3.03. The van der Waals surface area contributed by atoms with Crippen LogP contribution in [0.4, 0.5) is 5.69 Å². The van der Waals surface area contributed by atoms with Gasteiger partial charge in [0.2, 0.25) is 15.9 Å². The molecular formula is C21H28N2O3S. The van der Waals surface area contributed by atoms with E-state index in [0.717, 1.165) is 32.8 Å². The van der Waals surface area contributed by atoms with Gasteiger partial charge in [-0.3, -0.25) is 9.10 Å². The Labute approximate surface area is 162 Å². The van der Waals surface area contributed by atoms with Gasteiger partial charge in [0.1, 0.15) is 6.54 Å². The molecule has 5 nitrogen and oxygen atoms in total. The molecule has 1 amide bonds. The van der Waals surface area contributed by atoms with Crippen LogP contribution in [0.15, 0.2) is 36.4 Å². The summed E-state index contributed by atoms with van der Waals surface area (Å²) in [6, 6.07) is 11.3. The Bertz CT molecular complexity index is 932. The molecule has 0 bridgehead atoms. The van der Waals surface area contributed by atoms with Gasteiger partial charge in [-0.2, -0.15) is 0 Å². The summed E-state index contributed by atoms with van der Waals surface area (Å²) in [6.45, 7) is 9.51. The first-order chi connectivity index (χ1) is 12.5. The SMILES string of the molecule is Cc1cc(C)cc(N(CC(=O)N[C@H](C)c2ccc(C)c(C)c2)S(C)(=O)=O)c1. The van der Waals surface area contributed by atoms with E-state index in [9.17, 15) is 13.2 Å². The molecule has 27 heavy (non-hydrogen) atoms. The summed E-state index contributed by atoms with van der Waals surface area (Å²) in [5.41, 5.74) is 5.73. The van der Waals surface area contributed by atoms with Crippen molar-refractivity contribution in [2.24, 2.45) is 0 Å². The predicted molar refractivity (Wildman–Crippen MR) is 111 cm³/mol. The number of hydrogen-bond donors (Lipinski definition) is 1. The minimum atomic E-state index is -3.59. The Hall–Kier alpha value is -2.34. The quantitative estimate of drug-likeness (QED) is 0.823. The van der Waals surface area contributed by atoms with Crippen molar-refractivity contribution in [1.82, 2.24) is 5.32 Å². The summed E-state index contributed by atoms with van der Waals surface area (Å²) in [4.78, 5) is 12.6. The highest BCUT2D eigenvalue weighted by Crippen LogP contribution is 2.22. The molecule has 146 valence electrons. The molecule has 2 aromatic carbocycles. The summed E-state index contributed by atoms with van der Waals surface area (Å²) < 4.78 is 25.7. The first kappa shape index (κ1) is 21.0. The number of amides is 1. The Morgan fingerprint density at radius 3 is 2.11 bits per heavy atom. The molecule has 2 rings (SSSR count). The predicted octanol–water partition coefficient (Wildman–Crippen LogP) is 3.56. The molecule has 0 radical (unpaired) electrons. The maximum absolute atomic E-state index is 12.6. The summed E-state index contributed by atoms with van der Waals surface area (Å²) in [5, 5.41) is 2.90. The van der Waals surface area contributed by atoms with E-state index in [1.165, 1.54) is 5.56 Å². The summed E-state index contributed by atoms with van der Waals surface area (Å²) in [6.07, 6.45) is 1.12. The zero-order valence-electron chi connectivity index (χ0n) is 16.8. The lowest BCUT2D eigenvalue weighted by Crippen LogP contribution is -2.41. The minimum absolute atomic E-state index is 0.211. The lowest BCUT2D eigenvalue weighted by atomic mass is 10.0. The van der Waals surface area contributed by atoms with Gasteiger partial charge < -0.3 is 5.32 Å². The molecular weight excluding hydrogens is 360 g/mol. The number of sulfonamides is 1. The van der Waals surface area contributed by atoms with Crippen molar-refractivity contribution in [2.45, 2.75) is 40.7 Å². The van der Waals surface area contributed by atoms with E-state index >= 15 is 0 Å². The lowest BCUT2D eigenvalue weighted by molar-refractivity contribution is -0.120. The Morgan fingerprint density at radius 2 is 1.59 bits per heavy atom. The first-order valence-electron chi connectivity index (χ1n) is 8.90. The van der Waals surface area contributed by atoms with Crippen molar-refractivity contribution in [3.8, 4) is 0 Å². The number of hydrogen-bond acceptors (Lipinski definition) is 3. The van der Waals surface area contributed by atoms with Crippen molar-refractivity contribution in [1.29, 1.82) is 0 Å². The van der Waals surface area contributed by atoms with E-state index in [1.54, 1.807) is 12.1 Å².